The van der Waals surface area contributed by atoms with E-state index in [1.807, 2.05) is 6.55 Å². The SMILES string of the molecule is C=CC(=O)OCCC[Si](C)(OC)OC.[SiH4]. The highest BCUT2D eigenvalue weighted by Crippen LogP contribution is 2.13. The maximum Gasteiger partial charge on any atom is 0.334 e. The van der Waals surface area contributed by atoms with Crippen molar-refractivity contribution < 1.29 is 18.4 Å². The van der Waals surface area contributed by atoms with Crippen molar-refractivity contribution in [2.75, 3.05) is 20.8 Å². The van der Waals surface area contributed by atoms with E-state index in [4.69, 9.17) is 13.6 Å². The molecule has 90 valence electrons. The van der Waals surface area contributed by atoms with Crippen molar-refractivity contribution in [1.82, 2.24) is 0 Å². The van der Waals surface area contributed by atoms with Crippen LogP contribution in [0.25, 0.3) is 0 Å². The van der Waals surface area contributed by atoms with Gasteiger partial charge in [0.25, 0.3) is 0 Å². The lowest BCUT2D eigenvalue weighted by Gasteiger charge is -2.22. The third-order valence-electron chi connectivity index (χ3n) is 2.05. The Kier molecular flexibility index (Phi) is 10.0. The van der Waals surface area contributed by atoms with E-state index in [1.165, 1.54) is 0 Å². The van der Waals surface area contributed by atoms with Crippen LogP contribution in [0.2, 0.25) is 12.6 Å². The van der Waals surface area contributed by atoms with Crippen LogP contribution in [-0.4, -0.2) is 46.3 Å². The summed E-state index contributed by atoms with van der Waals surface area (Å²) < 4.78 is 15.4. The topological polar surface area (TPSA) is 44.8 Å². The summed E-state index contributed by atoms with van der Waals surface area (Å²) >= 11 is 0. The smallest absolute Gasteiger partial charge is 0.334 e. The van der Waals surface area contributed by atoms with Crippen molar-refractivity contribution in [1.29, 1.82) is 0 Å². The van der Waals surface area contributed by atoms with Crippen molar-refractivity contribution in [2.24, 2.45) is 0 Å². The fourth-order valence-corrected chi connectivity index (χ4v) is 2.27. The second-order valence-corrected chi connectivity index (χ2v) is 6.60. The molecule has 0 rings (SSSR count). The van der Waals surface area contributed by atoms with Gasteiger partial charge in [-0.3, -0.25) is 0 Å². The van der Waals surface area contributed by atoms with Crippen LogP contribution < -0.4 is 0 Å². The lowest BCUT2D eigenvalue weighted by Crippen LogP contribution is -2.36. The predicted molar refractivity (Wildman–Crippen MR) is 67.6 cm³/mol. The molecule has 0 N–H and O–H groups in total. The molecule has 15 heavy (non-hydrogen) atoms. The van der Waals surface area contributed by atoms with Crippen molar-refractivity contribution in [3.8, 4) is 0 Å². The summed E-state index contributed by atoms with van der Waals surface area (Å²) in [7, 11) is 1.29. The molecular formula is C9H22O4Si2. The molecule has 0 fully saturated rings. The minimum Gasteiger partial charge on any atom is -0.463 e. The minimum absolute atomic E-state index is 0. The van der Waals surface area contributed by atoms with E-state index in [0.29, 0.717) is 6.61 Å². The molecule has 0 spiro atoms. The Labute approximate surface area is 96.9 Å². The van der Waals surface area contributed by atoms with E-state index in [1.54, 1.807) is 14.2 Å². The molecule has 0 heterocycles. The molecule has 0 saturated carbocycles. The van der Waals surface area contributed by atoms with Gasteiger partial charge in [0.2, 0.25) is 0 Å². The molecule has 0 aromatic heterocycles. The van der Waals surface area contributed by atoms with Gasteiger partial charge in [-0.2, -0.15) is 0 Å². The molecule has 0 amide bonds. The average Bonchev–Trinajstić information content (AvgIpc) is 2.23. The van der Waals surface area contributed by atoms with E-state index >= 15 is 0 Å². The van der Waals surface area contributed by atoms with Crippen LogP contribution in [0.15, 0.2) is 12.7 Å². The van der Waals surface area contributed by atoms with Crippen LogP contribution in [-0.2, 0) is 18.4 Å². The van der Waals surface area contributed by atoms with Gasteiger partial charge in [0.15, 0.2) is 0 Å². The number of hydrogen-bond acceptors (Lipinski definition) is 4. The molecule has 0 saturated heterocycles. The highest BCUT2D eigenvalue weighted by molar-refractivity contribution is 6.65. The molecule has 0 aliphatic carbocycles. The van der Waals surface area contributed by atoms with Crippen LogP contribution in [0.3, 0.4) is 0 Å². The second-order valence-electron chi connectivity index (χ2n) is 3.02. The van der Waals surface area contributed by atoms with Crippen LogP contribution in [0.1, 0.15) is 6.42 Å². The number of hydrogen-bond donors (Lipinski definition) is 0. The van der Waals surface area contributed by atoms with Gasteiger partial charge in [0, 0.05) is 20.3 Å². The molecule has 0 aromatic rings. The molecule has 0 bridgehead atoms. The molecule has 0 atom stereocenters. The Morgan fingerprint density at radius 2 is 1.93 bits per heavy atom. The number of esters is 1. The molecule has 0 aliphatic rings. The van der Waals surface area contributed by atoms with Crippen LogP contribution in [0.5, 0.6) is 0 Å². The zero-order chi connectivity index (χ0) is 11.0. The zero-order valence-corrected chi connectivity index (χ0v) is 10.0. The number of rotatable bonds is 7. The predicted octanol–water partition coefficient (Wildman–Crippen LogP) is 0.0189. The fraction of sp³-hybridized carbons (Fsp3) is 0.667. The lowest BCUT2D eigenvalue weighted by molar-refractivity contribution is -0.137. The summed E-state index contributed by atoms with van der Waals surface area (Å²) in [6.45, 7) is 5.67. The van der Waals surface area contributed by atoms with E-state index in [0.717, 1.165) is 18.5 Å². The van der Waals surface area contributed by atoms with Gasteiger partial charge in [-0.05, 0) is 30.0 Å². The standard InChI is InChI=1S/C9H18O4Si.H4Si/c1-5-9(10)13-7-6-8-14(4,11-2)12-3;/h5H,1,6-8H2,2-4H3;1H4. The minimum atomic E-state index is -2.00. The Bertz CT molecular complexity index is 193. The Morgan fingerprint density at radius 1 is 1.40 bits per heavy atom. The van der Waals surface area contributed by atoms with E-state index in [-0.39, 0.29) is 16.9 Å². The molecule has 0 radical (unpaired) electrons. The maximum atomic E-state index is 10.7. The molecule has 0 aliphatic heterocycles. The summed E-state index contributed by atoms with van der Waals surface area (Å²) in [5, 5.41) is 0. The van der Waals surface area contributed by atoms with E-state index < -0.39 is 8.56 Å². The Hall–Kier alpha value is -0.436. The van der Waals surface area contributed by atoms with Crippen molar-refractivity contribution in [3.05, 3.63) is 12.7 Å². The maximum absolute atomic E-state index is 10.7. The summed E-state index contributed by atoms with van der Waals surface area (Å²) in [6, 6.07) is 0.810. The van der Waals surface area contributed by atoms with E-state index in [9.17, 15) is 4.79 Å². The summed E-state index contributed by atoms with van der Waals surface area (Å²) in [6.07, 6.45) is 1.91. The molecule has 4 nitrogen and oxygen atoms in total. The summed E-state index contributed by atoms with van der Waals surface area (Å²) in [5.41, 5.74) is 0. The largest absolute Gasteiger partial charge is 0.463 e. The van der Waals surface area contributed by atoms with Gasteiger partial charge >= 0.3 is 14.5 Å². The first-order chi connectivity index (χ1) is 6.58. The second kappa shape index (κ2) is 8.84. The van der Waals surface area contributed by atoms with Crippen LogP contribution in [0, 0.1) is 0 Å². The van der Waals surface area contributed by atoms with Crippen LogP contribution in [0.4, 0.5) is 0 Å². The first-order valence-electron chi connectivity index (χ1n) is 4.47. The summed E-state index contributed by atoms with van der Waals surface area (Å²) in [5.74, 6) is -0.386. The van der Waals surface area contributed by atoms with Gasteiger partial charge in [0.1, 0.15) is 0 Å². The molecule has 6 heteroatoms. The monoisotopic (exact) mass is 250 g/mol. The quantitative estimate of drug-likeness (QED) is 0.277. The lowest BCUT2D eigenvalue weighted by atomic mass is 10.5. The average molecular weight is 250 g/mol. The molecule has 0 unspecified atom stereocenters. The first kappa shape index (κ1) is 17.0. The third-order valence-corrected chi connectivity index (χ3v) is 5.04. The van der Waals surface area contributed by atoms with Gasteiger partial charge in [-0.1, -0.05) is 6.58 Å². The van der Waals surface area contributed by atoms with Gasteiger partial charge in [-0.25, -0.2) is 4.79 Å². The normalized spacial score (nSPS) is 10.3. The highest BCUT2D eigenvalue weighted by atomic mass is 28.4. The number of carbonyl (C=O) groups excluding carboxylic acids is 1. The third kappa shape index (κ3) is 7.49. The van der Waals surface area contributed by atoms with Crippen molar-refractivity contribution in [3.63, 3.8) is 0 Å². The summed E-state index contributed by atoms with van der Waals surface area (Å²) in [4.78, 5) is 10.7. The van der Waals surface area contributed by atoms with Gasteiger partial charge in [0.05, 0.1) is 6.61 Å². The number of carbonyl (C=O) groups is 1. The zero-order valence-electron chi connectivity index (χ0n) is 9.04. The fourth-order valence-electron chi connectivity index (χ4n) is 0.912. The van der Waals surface area contributed by atoms with Crippen LogP contribution >= 0.6 is 0 Å². The van der Waals surface area contributed by atoms with Gasteiger partial charge in [-0.15, -0.1) is 0 Å². The van der Waals surface area contributed by atoms with Crippen molar-refractivity contribution >= 4 is 25.5 Å². The molecule has 0 aromatic carbocycles. The number of ether oxygens (including phenoxy) is 1. The molecular weight excluding hydrogens is 228 g/mol. The Morgan fingerprint density at radius 3 is 2.33 bits per heavy atom. The Balaban J connectivity index is 0. The first-order valence-corrected chi connectivity index (χ1v) is 7.00. The van der Waals surface area contributed by atoms with E-state index in [2.05, 4.69) is 6.58 Å². The van der Waals surface area contributed by atoms with Gasteiger partial charge < -0.3 is 13.6 Å². The highest BCUT2D eigenvalue weighted by Gasteiger charge is 2.27. The van der Waals surface area contributed by atoms with Crippen molar-refractivity contribution in [2.45, 2.75) is 19.0 Å².